The first-order valence-corrected chi connectivity index (χ1v) is 6.79. The zero-order valence-corrected chi connectivity index (χ0v) is 11.5. The highest BCUT2D eigenvalue weighted by Gasteiger charge is 2.20. The van der Waals surface area contributed by atoms with Crippen molar-refractivity contribution in [1.82, 2.24) is 10.5 Å². The molecule has 20 heavy (non-hydrogen) atoms. The van der Waals surface area contributed by atoms with Crippen LogP contribution >= 0.6 is 0 Å². The summed E-state index contributed by atoms with van der Waals surface area (Å²) in [6, 6.07) is 10.1. The minimum Gasteiger partial charge on any atom is -0.493 e. The van der Waals surface area contributed by atoms with Crippen LogP contribution in [0.15, 0.2) is 34.9 Å². The Bertz CT molecular complexity index is 564. The first-order valence-electron chi connectivity index (χ1n) is 6.79. The third-order valence-corrected chi connectivity index (χ3v) is 3.20. The van der Waals surface area contributed by atoms with E-state index in [9.17, 15) is 0 Å². The van der Waals surface area contributed by atoms with Crippen molar-refractivity contribution in [2.24, 2.45) is 0 Å². The van der Waals surface area contributed by atoms with E-state index < -0.39 is 0 Å². The molecule has 0 unspecified atom stereocenters. The Balaban J connectivity index is 1.54. The maximum absolute atomic E-state index is 5.69. The van der Waals surface area contributed by atoms with Gasteiger partial charge in [0.15, 0.2) is 17.3 Å². The summed E-state index contributed by atoms with van der Waals surface area (Å²) in [7, 11) is 1.62. The molecule has 1 heterocycles. The highest BCUT2D eigenvalue weighted by molar-refractivity contribution is 5.39. The van der Waals surface area contributed by atoms with E-state index in [4.69, 9.17) is 14.0 Å². The Morgan fingerprint density at radius 2 is 2.10 bits per heavy atom. The van der Waals surface area contributed by atoms with Gasteiger partial charge in [-0.25, -0.2) is 0 Å². The lowest BCUT2D eigenvalue weighted by molar-refractivity contribution is 0.238. The van der Waals surface area contributed by atoms with E-state index in [0.717, 1.165) is 12.2 Å². The van der Waals surface area contributed by atoms with E-state index >= 15 is 0 Å². The van der Waals surface area contributed by atoms with Crippen LogP contribution in [0.25, 0.3) is 0 Å². The molecule has 1 saturated carbocycles. The van der Waals surface area contributed by atoms with Gasteiger partial charge in [0.05, 0.1) is 12.8 Å². The van der Waals surface area contributed by atoms with E-state index in [-0.39, 0.29) is 0 Å². The van der Waals surface area contributed by atoms with Gasteiger partial charge in [0.1, 0.15) is 6.61 Å². The number of hydrogen-bond acceptors (Lipinski definition) is 5. The fourth-order valence-corrected chi connectivity index (χ4v) is 1.93. The van der Waals surface area contributed by atoms with Crippen molar-refractivity contribution in [2.45, 2.75) is 32.0 Å². The maximum atomic E-state index is 5.69. The molecule has 1 fully saturated rings. The lowest BCUT2D eigenvalue weighted by Gasteiger charge is -2.08. The molecule has 0 saturated heterocycles. The monoisotopic (exact) mass is 274 g/mol. The summed E-state index contributed by atoms with van der Waals surface area (Å²) in [5, 5.41) is 7.42. The van der Waals surface area contributed by atoms with Crippen molar-refractivity contribution in [3.05, 3.63) is 41.8 Å². The summed E-state index contributed by atoms with van der Waals surface area (Å²) < 4.78 is 16.2. The van der Waals surface area contributed by atoms with E-state index in [1.807, 2.05) is 30.3 Å². The average Bonchev–Trinajstić information content (AvgIpc) is 3.21. The van der Waals surface area contributed by atoms with Crippen molar-refractivity contribution in [1.29, 1.82) is 0 Å². The fourth-order valence-electron chi connectivity index (χ4n) is 1.93. The largest absolute Gasteiger partial charge is 0.493 e. The topological polar surface area (TPSA) is 56.5 Å². The molecule has 0 atom stereocenters. The van der Waals surface area contributed by atoms with Crippen LogP contribution in [0, 0.1) is 0 Å². The van der Waals surface area contributed by atoms with Crippen molar-refractivity contribution < 1.29 is 14.0 Å². The lowest BCUT2D eigenvalue weighted by atomic mass is 10.3. The molecule has 1 aromatic carbocycles. The highest BCUT2D eigenvalue weighted by atomic mass is 16.5. The fraction of sp³-hybridized carbons (Fsp3) is 0.400. The molecule has 2 aromatic rings. The Morgan fingerprint density at radius 1 is 1.30 bits per heavy atom. The van der Waals surface area contributed by atoms with Crippen molar-refractivity contribution in [3.63, 3.8) is 0 Å². The zero-order chi connectivity index (χ0) is 13.8. The van der Waals surface area contributed by atoms with Gasteiger partial charge in [-0.1, -0.05) is 17.3 Å². The van der Waals surface area contributed by atoms with Gasteiger partial charge in [-0.2, -0.15) is 0 Å². The lowest BCUT2D eigenvalue weighted by Crippen LogP contribution is -2.15. The maximum Gasteiger partial charge on any atom is 0.174 e. The van der Waals surface area contributed by atoms with Crippen LogP contribution in [0.2, 0.25) is 0 Å². The zero-order valence-electron chi connectivity index (χ0n) is 11.5. The molecule has 0 bridgehead atoms. The van der Waals surface area contributed by atoms with Gasteiger partial charge in [0.25, 0.3) is 0 Å². The molecule has 106 valence electrons. The van der Waals surface area contributed by atoms with Crippen LogP contribution in [0.5, 0.6) is 11.5 Å². The van der Waals surface area contributed by atoms with Crippen LogP contribution in [-0.4, -0.2) is 18.3 Å². The number of aromatic nitrogens is 1. The number of hydrogen-bond donors (Lipinski definition) is 1. The molecule has 1 aliphatic rings. The number of nitrogens with zero attached hydrogens (tertiary/aromatic N) is 1. The standard InChI is InChI=1S/C15H18N2O3/c1-18-14-4-2-3-5-15(14)19-10-13-8-12(17-20-13)9-16-11-6-7-11/h2-5,8,11,16H,6-7,9-10H2,1H3. The summed E-state index contributed by atoms with van der Waals surface area (Å²) in [5.74, 6) is 2.12. The third-order valence-electron chi connectivity index (χ3n) is 3.20. The van der Waals surface area contributed by atoms with Gasteiger partial charge in [-0.05, 0) is 25.0 Å². The highest BCUT2D eigenvalue weighted by Crippen LogP contribution is 2.26. The Labute approximate surface area is 117 Å². The van der Waals surface area contributed by atoms with Crippen molar-refractivity contribution >= 4 is 0 Å². The van der Waals surface area contributed by atoms with Gasteiger partial charge in [-0.3, -0.25) is 0 Å². The summed E-state index contributed by atoms with van der Waals surface area (Å²) >= 11 is 0. The van der Waals surface area contributed by atoms with E-state index in [2.05, 4.69) is 10.5 Å². The predicted octanol–water partition coefficient (Wildman–Crippen LogP) is 2.51. The van der Waals surface area contributed by atoms with Crippen LogP contribution in [0.3, 0.4) is 0 Å². The second kappa shape index (κ2) is 5.96. The predicted molar refractivity (Wildman–Crippen MR) is 73.7 cm³/mol. The molecule has 3 rings (SSSR count). The summed E-state index contributed by atoms with van der Waals surface area (Å²) in [6.45, 7) is 1.10. The van der Waals surface area contributed by atoms with Gasteiger partial charge < -0.3 is 19.3 Å². The summed E-state index contributed by atoms with van der Waals surface area (Å²) in [4.78, 5) is 0. The summed E-state index contributed by atoms with van der Waals surface area (Å²) in [6.07, 6.45) is 2.53. The molecule has 5 nitrogen and oxygen atoms in total. The normalized spacial score (nSPS) is 14.2. The molecule has 0 radical (unpaired) electrons. The smallest absolute Gasteiger partial charge is 0.174 e. The number of ether oxygens (including phenoxy) is 2. The Kier molecular flexibility index (Phi) is 3.87. The molecule has 0 amide bonds. The number of para-hydroxylation sites is 2. The van der Waals surface area contributed by atoms with E-state index in [1.54, 1.807) is 7.11 Å². The number of methoxy groups -OCH3 is 1. The van der Waals surface area contributed by atoms with Crippen LogP contribution in [0.1, 0.15) is 24.3 Å². The molecule has 0 aliphatic heterocycles. The third kappa shape index (κ3) is 3.30. The average molecular weight is 274 g/mol. The quantitative estimate of drug-likeness (QED) is 0.840. The molecule has 0 spiro atoms. The van der Waals surface area contributed by atoms with Gasteiger partial charge >= 0.3 is 0 Å². The molecule has 1 N–H and O–H groups in total. The van der Waals surface area contributed by atoms with Gasteiger partial charge in [0, 0.05) is 18.7 Å². The van der Waals surface area contributed by atoms with Gasteiger partial charge in [-0.15, -0.1) is 0 Å². The molecule has 1 aromatic heterocycles. The van der Waals surface area contributed by atoms with Crippen LogP contribution in [-0.2, 0) is 13.2 Å². The summed E-state index contributed by atoms with van der Waals surface area (Å²) in [5.41, 5.74) is 0.913. The number of nitrogens with one attached hydrogen (secondary N) is 1. The van der Waals surface area contributed by atoms with Crippen molar-refractivity contribution in [2.75, 3.05) is 7.11 Å². The Morgan fingerprint density at radius 3 is 2.85 bits per heavy atom. The van der Waals surface area contributed by atoms with E-state index in [0.29, 0.717) is 29.9 Å². The minimum atomic E-state index is 0.344. The molecule has 5 heteroatoms. The second-order valence-corrected chi connectivity index (χ2v) is 4.88. The first-order chi connectivity index (χ1) is 9.85. The van der Waals surface area contributed by atoms with Crippen LogP contribution < -0.4 is 14.8 Å². The second-order valence-electron chi connectivity index (χ2n) is 4.88. The molecular weight excluding hydrogens is 256 g/mol. The molecule has 1 aliphatic carbocycles. The van der Waals surface area contributed by atoms with Crippen LogP contribution in [0.4, 0.5) is 0 Å². The first kappa shape index (κ1) is 13.0. The number of rotatable bonds is 7. The van der Waals surface area contributed by atoms with E-state index in [1.165, 1.54) is 12.8 Å². The van der Waals surface area contributed by atoms with Crippen molar-refractivity contribution in [3.8, 4) is 11.5 Å². The molecular formula is C15H18N2O3. The van der Waals surface area contributed by atoms with Gasteiger partial charge in [0.2, 0.25) is 0 Å². The Hall–Kier alpha value is -2.01. The minimum absolute atomic E-state index is 0.344. The SMILES string of the molecule is COc1ccccc1OCc1cc(CNC2CC2)no1. The number of benzene rings is 1.